The molecule has 3 aromatic heterocycles. The summed E-state index contributed by atoms with van der Waals surface area (Å²) in [5.74, 6) is 5.66. The van der Waals surface area contributed by atoms with E-state index in [4.69, 9.17) is 66.4 Å². The SMILES string of the molecule is C[N+]1=C(C=CC=CC=C2N(CCCCCC(=O)NCCOCCOCC/C(C#N)=C/OCCOC(=O)NCC#Cc3cn([C@H]4C[C@@H](O/C=C/C#N)[C@@H](COP(=O)(O)OP(=O)(O)OP(=O)(O)O)O4)c4ncnc(N)c34)c3ccccc3C2(C)C)C(C)(C)c2cc(S(=O)(=O)O)c[n+](CCCS(=O)(=O)O)c21.O=S(=O)=O. The highest BCUT2D eigenvalue weighted by atomic mass is 32.2. The molecule has 3 aliphatic rings. The lowest BCUT2D eigenvalue weighted by molar-refractivity contribution is -0.738. The molecule has 3 aliphatic heterocycles. The van der Waals surface area contributed by atoms with Gasteiger partial charge in [-0.25, -0.2) is 28.5 Å². The Labute approximate surface area is 617 Å². The van der Waals surface area contributed by atoms with Crippen LogP contribution in [0.5, 0.6) is 0 Å². The molecule has 107 heavy (non-hydrogen) atoms. The second-order valence-electron chi connectivity index (χ2n) is 24.4. The van der Waals surface area contributed by atoms with Gasteiger partial charge in [0.25, 0.3) is 10.1 Å². The van der Waals surface area contributed by atoms with Crippen LogP contribution in [0.15, 0.2) is 114 Å². The number of nitrogens with zero attached hydrogens (tertiary/aromatic N) is 8. The molecule has 38 nitrogen and oxygen atoms in total. The summed E-state index contributed by atoms with van der Waals surface area (Å²) in [5.41, 5.74) is 10.8. The highest BCUT2D eigenvalue weighted by molar-refractivity contribution is 7.86. The molecule has 4 aromatic rings. The van der Waals surface area contributed by atoms with Crippen molar-refractivity contribution in [1.29, 1.82) is 10.5 Å². The van der Waals surface area contributed by atoms with Gasteiger partial charge in [-0.05, 0) is 50.5 Å². The number of nitriles is 2. The van der Waals surface area contributed by atoms with Crippen molar-refractivity contribution in [2.75, 3.05) is 89.3 Å². The van der Waals surface area contributed by atoms with Gasteiger partial charge in [-0.1, -0.05) is 68.5 Å². The van der Waals surface area contributed by atoms with Gasteiger partial charge < -0.3 is 73.8 Å². The molecule has 5 atom stereocenters. The molecule has 0 aliphatic carbocycles. The lowest BCUT2D eigenvalue weighted by Gasteiger charge is -2.27. The number of hydrogen-bond acceptors (Lipinski definition) is 27. The molecule has 2 unspecified atom stereocenters. The zero-order chi connectivity index (χ0) is 79.0. The molecular formula is C63H82N11O27P3S3+2. The van der Waals surface area contributed by atoms with Crippen LogP contribution in [0.25, 0.3) is 11.0 Å². The monoisotopic (exact) mass is 1610 g/mol. The van der Waals surface area contributed by atoms with Gasteiger partial charge in [-0.3, -0.25) is 18.4 Å². The van der Waals surface area contributed by atoms with Gasteiger partial charge in [0.15, 0.2) is 23.3 Å². The van der Waals surface area contributed by atoms with Crippen molar-refractivity contribution in [2.45, 2.75) is 113 Å². The number of aromatic nitrogens is 4. The van der Waals surface area contributed by atoms with E-state index in [-0.39, 0.29) is 116 Å². The standard InChI is InChI=1S/C63H80N11O24P3S2.O3S/c1-62(2)48-18-11-12-19-50(48)73(54(62)21-9-6-8-20-53-63(3,4)49-37-47(103(87,88)89)41-72(60(49)71(53)5)27-16-36-102(84,85)86)28-13-7-10-22-55(75)67-26-31-91-33-32-90-30-23-45(39-65)42-92-34-35-94-61(76)68-25-14-17-46-40-74(59-57(46)58(66)69-44-70-59)56-38-51(93-29-15-24-64)52(96-56)43-95-100(80,81)98-101(82,83)97-99(77,78)79;1-4(2)3/h6,8-9,11-12,15,18-21,29,37,40-42,44,51-52,56H,7,10,13,16,22-23,25-28,30-36,38,43H2,1-5H3,(H8-2,66,67,68,69,70,75,76,77,78,79,80,81,82,83,84,85,86,87,88,89);/p+2/b29-15+,45-42-;/t51-,52-,56-;/m1./s1. The number of phosphoric acid groups is 3. The number of pyridine rings is 1. The quantitative estimate of drug-likeness (QED) is 0.00417. The molecule has 0 spiro atoms. The molecule has 7 rings (SSSR count). The van der Waals surface area contributed by atoms with Crippen LogP contribution in [0.1, 0.15) is 95.6 Å². The smallest absolute Gasteiger partial charge is 0.490 e. The van der Waals surface area contributed by atoms with E-state index in [1.165, 1.54) is 34.9 Å². The Kier molecular flexibility index (Phi) is 32.4. The number of nitrogens with one attached hydrogen (secondary N) is 2. The van der Waals surface area contributed by atoms with Crippen molar-refractivity contribution in [3.05, 3.63) is 126 Å². The van der Waals surface area contributed by atoms with Crippen molar-refractivity contribution < 1.29 is 132 Å². The maximum Gasteiger partial charge on any atom is 0.490 e. The summed E-state index contributed by atoms with van der Waals surface area (Å²) in [6.07, 6.45) is 15.7. The number of para-hydroxylation sites is 1. The second kappa shape index (κ2) is 39.6. The summed E-state index contributed by atoms with van der Waals surface area (Å²) in [6, 6.07) is 13.5. The van der Waals surface area contributed by atoms with Crippen molar-refractivity contribution in [2.24, 2.45) is 0 Å². The Morgan fingerprint density at radius 3 is 2.29 bits per heavy atom. The third-order valence-electron chi connectivity index (χ3n) is 16.1. The number of phosphoric ester groups is 1. The zero-order valence-corrected chi connectivity index (χ0v) is 63.5. The molecule has 2 amide bonds. The lowest BCUT2D eigenvalue weighted by atomic mass is 9.82. The van der Waals surface area contributed by atoms with E-state index in [1.807, 2.05) is 68.0 Å². The summed E-state index contributed by atoms with van der Waals surface area (Å²) in [7, 11) is -27.2. The Morgan fingerprint density at radius 1 is 0.879 bits per heavy atom. The lowest BCUT2D eigenvalue weighted by Crippen LogP contribution is -2.39. The molecule has 1 saturated heterocycles. The van der Waals surface area contributed by atoms with Gasteiger partial charge in [-0.2, -0.15) is 36.0 Å². The molecular weight excluding hydrogens is 1530 g/mol. The minimum atomic E-state index is -5.81. The molecule has 1 aromatic carbocycles. The van der Waals surface area contributed by atoms with Crippen LogP contribution in [-0.4, -0.2) is 186 Å². The highest BCUT2D eigenvalue weighted by Gasteiger charge is 2.51. The first-order valence-corrected chi connectivity index (χ1v) is 40.9. The number of benzene rings is 1. The topological polar surface area (TPSA) is 548 Å². The third-order valence-corrected chi connectivity index (χ3v) is 21.6. The normalized spacial score (nSPS) is 18.4. The first kappa shape index (κ1) is 87.5. The average molecular weight is 1610 g/mol. The Morgan fingerprint density at radius 2 is 1.60 bits per heavy atom. The molecule has 0 radical (unpaired) electrons. The predicted octanol–water partition coefficient (Wildman–Crippen LogP) is 4.98. The van der Waals surface area contributed by atoms with Crippen LogP contribution >= 0.6 is 23.5 Å². The van der Waals surface area contributed by atoms with E-state index in [0.29, 0.717) is 30.8 Å². The summed E-state index contributed by atoms with van der Waals surface area (Å²) >= 11 is 0. The summed E-state index contributed by atoms with van der Waals surface area (Å²) < 4.78 is 178. The van der Waals surface area contributed by atoms with Gasteiger partial charge in [0.05, 0.1) is 98.0 Å². The van der Waals surface area contributed by atoms with Crippen LogP contribution in [0.3, 0.4) is 0 Å². The number of alkyl carbamates (subject to hydrolysis) is 1. The Balaban J connectivity index is 0.00000436. The summed E-state index contributed by atoms with van der Waals surface area (Å²) in [4.78, 5) is 72.6. The first-order chi connectivity index (χ1) is 50.3. The maximum atomic E-state index is 12.7. The number of hydrogen-bond donors (Lipinski definition) is 9. The number of amides is 2. The second-order valence-corrected chi connectivity index (χ2v) is 32.2. The van der Waals surface area contributed by atoms with Crippen LogP contribution < -0.4 is 25.8 Å². The number of carbonyl (C=O) groups is 2. The van der Waals surface area contributed by atoms with Crippen LogP contribution in [0.2, 0.25) is 0 Å². The van der Waals surface area contributed by atoms with Crippen molar-refractivity contribution in [3.8, 4) is 24.0 Å². The Hall–Kier alpha value is -8.43. The molecule has 6 heterocycles. The van der Waals surface area contributed by atoms with Crippen molar-refractivity contribution >= 4 is 100 Å². The minimum absolute atomic E-state index is 0.00466. The van der Waals surface area contributed by atoms with Gasteiger partial charge in [0.2, 0.25) is 5.91 Å². The average Bonchev–Trinajstić information content (AvgIpc) is 1.59. The van der Waals surface area contributed by atoms with E-state index in [0.717, 1.165) is 55.1 Å². The maximum absolute atomic E-state index is 12.7. The summed E-state index contributed by atoms with van der Waals surface area (Å²) in [5, 5.41) is 24.2. The van der Waals surface area contributed by atoms with Gasteiger partial charge in [0.1, 0.15) is 62.1 Å². The first-order valence-electron chi connectivity index (χ1n) is 32.4. The minimum Gasteiger partial charge on any atom is -0.497 e. The van der Waals surface area contributed by atoms with Crippen LogP contribution in [-0.2, 0) is 108 Å². The number of allylic oxidation sites excluding steroid dienone is 7. The number of unbranched alkanes of at least 4 members (excludes halogenated alkanes) is 2. The number of carbonyl (C=O) groups excluding carboxylic acids is 2. The van der Waals surface area contributed by atoms with Crippen molar-refractivity contribution in [3.63, 3.8) is 0 Å². The molecule has 44 heteroatoms. The molecule has 0 bridgehead atoms. The summed E-state index contributed by atoms with van der Waals surface area (Å²) in [6.45, 7) is 8.93. The van der Waals surface area contributed by atoms with E-state index in [9.17, 15) is 64.3 Å². The fourth-order valence-corrected chi connectivity index (χ4v) is 15.6. The van der Waals surface area contributed by atoms with Crippen LogP contribution in [0, 0.1) is 34.5 Å². The highest BCUT2D eigenvalue weighted by Crippen LogP contribution is 2.66. The number of fused-ring (bicyclic) bond motifs is 3. The van der Waals surface area contributed by atoms with E-state index in [2.05, 4.69) is 78.0 Å². The zero-order valence-electron chi connectivity index (χ0n) is 58.4. The van der Waals surface area contributed by atoms with E-state index >= 15 is 0 Å². The van der Waals surface area contributed by atoms with Gasteiger partial charge in [-0.15, -0.1) is 21.8 Å². The number of nitrogen functional groups attached to an aromatic ring is 1. The number of ether oxygens (including phenoxy) is 6. The largest absolute Gasteiger partial charge is 0.497 e. The number of aryl methyl sites for hydroxylation is 1. The fraction of sp³-hybridized carbons (Fsp3) is 0.460. The molecule has 0 saturated carbocycles. The van der Waals surface area contributed by atoms with Crippen molar-refractivity contribution in [1.82, 2.24) is 25.2 Å². The van der Waals surface area contributed by atoms with Gasteiger partial charge in [0, 0.05) is 67.8 Å². The number of nitrogens with two attached hydrogens (primary N) is 1. The number of rotatable bonds is 38. The van der Waals surface area contributed by atoms with E-state index < -0.39 is 96.6 Å². The molecule has 10 N–H and O–H groups in total. The molecule has 1 fully saturated rings. The fourth-order valence-electron chi connectivity index (χ4n) is 11.5. The predicted molar refractivity (Wildman–Crippen MR) is 378 cm³/mol. The third kappa shape index (κ3) is 27.0. The Bertz CT molecular complexity index is 4740. The van der Waals surface area contributed by atoms with Gasteiger partial charge >= 0.3 is 56.1 Å². The molecule has 582 valence electrons. The van der Waals surface area contributed by atoms with E-state index in [1.54, 1.807) is 10.6 Å². The van der Waals surface area contributed by atoms with Crippen LogP contribution in [0.4, 0.5) is 22.1 Å². The number of anilines is 2.